The SMILES string of the molecule is C/C=C(\C)C1(C)OCC(C)CO1. The number of hydrogen-bond donors (Lipinski definition) is 0. The first kappa shape index (κ1) is 9.75. The summed E-state index contributed by atoms with van der Waals surface area (Å²) in [6, 6.07) is 0. The van der Waals surface area contributed by atoms with E-state index in [0.717, 1.165) is 18.8 Å². The van der Waals surface area contributed by atoms with E-state index in [9.17, 15) is 0 Å². The first-order valence-electron chi connectivity index (χ1n) is 4.50. The van der Waals surface area contributed by atoms with Crippen LogP contribution in [0.4, 0.5) is 0 Å². The van der Waals surface area contributed by atoms with Crippen molar-refractivity contribution >= 4 is 0 Å². The summed E-state index contributed by atoms with van der Waals surface area (Å²) in [5.74, 6) is 0.0454. The molecule has 2 nitrogen and oxygen atoms in total. The maximum Gasteiger partial charge on any atom is 0.187 e. The van der Waals surface area contributed by atoms with Crippen LogP contribution in [0.2, 0.25) is 0 Å². The molecule has 0 bridgehead atoms. The highest BCUT2D eigenvalue weighted by Gasteiger charge is 2.32. The maximum atomic E-state index is 5.64. The molecule has 0 aromatic heterocycles. The van der Waals surface area contributed by atoms with Crippen molar-refractivity contribution in [3.63, 3.8) is 0 Å². The van der Waals surface area contributed by atoms with Crippen LogP contribution in [0, 0.1) is 5.92 Å². The van der Waals surface area contributed by atoms with Gasteiger partial charge in [-0.05, 0) is 26.3 Å². The van der Waals surface area contributed by atoms with Gasteiger partial charge in [-0.2, -0.15) is 0 Å². The molecule has 0 saturated carbocycles. The second kappa shape index (κ2) is 3.58. The van der Waals surface area contributed by atoms with Crippen molar-refractivity contribution in [2.24, 2.45) is 5.92 Å². The molecule has 0 N–H and O–H groups in total. The second-order valence-electron chi connectivity index (χ2n) is 3.64. The van der Waals surface area contributed by atoms with E-state index in [1.54, 1.807) is 0 Å². The van der Waals surface area contributed by atoms with Gasteiger partial charge in [-0.1, -0.05) is 13.0 Å². The van der Waals surface area contributed by atoms with Crippen LogP contribution < -0.4 is 0 Å². The van der Waals surface area contributed by atoms with Gasteiger partial charge in [0.25, 0.3) is 0 Å². The molecule has 0 aromatic carbocycles. The van der Waals surface area contributed by atoms with E-state index < -0.39 is 5.79 Å². The van der Waals surface area contributed by atoms with E-state index in [1.807, 2.05) is 26.8 Å². The predicted octanol–water partition coefficient (Wildman–Crippen LogP) is 2.35. The molecule has 70 valence electrons. The molecule has 1 rings (SSSR count). The fourth-order valence-corrected chi connectivity index (χ4v) is 1.18. The summed E-state index contributed by atoms with van der Waals surface area (Å²) < 4.78 is 11.3. The molecule has 0 radical (unpaired) electrons. The van der Waals surface area contributed by atoms with Gasteiger partial charge in [0.15, 0.2) is 5.79 Å². The minimum atomic E-state index is -0.471. The molecule has 1 heterocycles. The molecule has 0 spiro atoms. The molecule has 0 unspecified atom stereocenters. The lowest BCUT2D eigenvalue weighted by Gasteiger charge is -2.37. The van der Waals surface area contributed by atoms with Crippen molar-refractivity contribution in [2.75, 3.05) is 13.2 Å². The highest BCUT2D eigenvalue weighted by Crippen LogP contribution is 2.27. The standard InChI is InChI=1S/C10H18O2/c1-5-9(3)10(4)11-6-8(2)7-12-10/h5,8H,6-7H2,1-4H3/b9-5+. The van der Waals surface area contributed by atoms with Crippen molar-refractivity contribution in [1.82, 2.24) is 0 Å². The summed E-state index contributed by atoms with van der Waals surface area (Å²) in [7, 11) is 0. The molecule has 0 atom stereocenters. The van der Waals surface area contributed by atoms with Gasteiger partial charge in [-0.15, -0.1) is 0 Å². The molecule has 1 aliphatic heterocycles. The maximum absolute atomic E-state index is 5.64. The first-order chi connectivity index (χ1) is 5.58. The largest absolute Gasteiger partial charge is 0.346 e. The second-order valence-corrected chi connectivity index (χ2v) is 3.64. The number of rotatable bonds is 1. The van der Waals surface area contributed by atoms with Crippen molar-refractivity contribution in [3.05, 3.63) is 11.6 Å². The third-order valence-electron chi connectivity index (χ3n) is 2.44. The summed E-state index contributed by atoms with van der Waals surface area (Å²) in [4.78, 5) is 0. The monoisotopic (exact) mass is 170 g/mol. The predicted molar refractivity (Wildman–Crippen MR) is 48.9 cm³/mol. The molecule has 1 saturated heterocycles. The summed E-state index contributed by atoms with van der Waals surface area (Å²) in [5, 5.41) is 0. The fraction of sp³-hybridized carbons (Fsp3) is 0.800. The Morgan fingerprint density at radius 3 is 2.33 bits per heavy atom. The quantitative estimate of drug-likeness (QED) is 0.562. The smallest absolute Gasteiger partial charge is 0.187 e. The number of hydrogen-bond acceptors (Lipinski definition) is 2. The van der Waals surface area contributed by atoms with Gasteiger partial charge in [-0.3, -0.25) is 0 Å². The zero-order valence-corrected chi connectivity index (χ0v) is 8.39. The summed E-state index contributed by atoms with van der Waals surface area (Å²) >= 11 is 0. The lowest BCUT2D eigenvalue weighted by molar-refractivity contribution is -0.247. The Labute approximate surface area is 74.6 Å². The number of allylic oxidation sites excluding steroid dienone is 1. The van der Waals surface area contributed by atoms with E-state index in [-0.39, 0.29) is 0 Å². The highest BCUT2D eigenvalue weighted by atomic mass is 16.7. The van der Waals surface area contributed by atoms with Crippen molar-refractivity contribution < 1.29 is 9.47 Å². The number of ether oxygens (including phenoxy) is 2. The Hall–Kier alpha value is -0.340. The van der Waals surface area contributed by atoms with Gasteiger partial charge < -0.3 is 9.47 Å². The first-order valence-corrected chi connectivity index (χ1v) is 4.50. The van der Waals surface area contributed by atoms with Crippen LogP contribution >= 0.6 is 0 Å². The van der Waals surface area contributed by atoms with E-state index in [2.05, 4.69) is 6.92 Å². The van der Waals surface area contributed by atoms with Crippen LogP contribution in [-0.4, -0.2) is 19.0 Å². The normalized spacial score (nSPS) is 38.3. The average molecular weight is 170 g/mol. The zero-order chi connectivity index (χ0) is 9.19. The summed E-state index contributed by atoms with van der Waals surface area (Å²) in [6.07, 6.45) is 2.04. The van der Waals surface area contributed by atoms with Gasteiger partial charge in [0.05, 0.1) is 13.2 Å². The molecule has 0 amide bonds. The van der Waals surface area contributed by atoms with Crippen molar-refractivity contribution in [3.8, 4) is 0 Å². The molecule has 12 heavy (non-hydrogen) atoms. The van der Waals surface area contributed by atoms with E-state index in [0.29, 0.717) is 5.92 Å². The Balaban J connectivity index is 2.62. The van der Waals surface area contributed by atoms with Crippen molar-refractivity contribution in [1.29, 1.82) is 0 Å². The molecule has 0 aliphatic carbocycles. The van der Waals surface area contributed by atoms with Gasteiger partial charge >= 0.3 is 0 Å². The topological polar surface area (TPSA) is 18.5 Å². The minimum Gasteiger partial charge on any atom is -0.346 e. The van der Waals surface area contributed by atoms with Crippen LogP contribution in [0.5, 0.6) is 0 Å². The Bertz CT molecular complexity index is 176. The van der Waals surface area contributed by atoms with Crippen LogP contribution in [-0.2, 0) is 9.47 Å². The lowest BCUT2D eigenvalue weighted by Crippen LogP contribution is -2.41. The van der Waals surface area contributed by atoms with E-state index in [4.69, 9.17) is 9.47 Å². The van der Waals surface area contributed by atoms with Crippen LogP contribution in [0.3, 0.4) is 0 Å². The average Bonchev–Trinajstić information content (AvgIpc) is 2.09. The van der Waals surface area contributed by atoms with E-state index in [1.165, 1.54) is 0 Å². The molecular weight excluding hydrogens is 152 g/mol. The Kier molecular flexibility index (Phi) is 2.91. The van der Waals surface area contributed by atoms with Crippen LogP contribution in [0.15, 0.2) is 11.6 Å². The molecule has 0 aromatic rings. The molecule has 2 heteroatoms. The summed E-state index contributed by atoms with van der Waals surface area (Å²) in [6.45, 7) is 9.74. The van der Waals surface area contributed by atoms with Gasteiger partial charge in [0, 0.05) is 5.92 Å². The Morgan fingerprint density at radius 2 is 1.92 bits per heavy atom. The van der Waals surface area contributed by atoms with Gasteiger partial charge in [0.1, 0.15) is 0 Å². The molecule has 1 aliphatic rings. The van der Waals surface area contributed by atoms with Crippen molar-refractivity contribution in [2.45, 2.75) is 33.5 Å². The van der Waals surface area contributed by atoms with Gasteiger partial charge in [-0.25, -0.2) is 0 Å². The zero-order valence-electron chi connectivity index (χ0n) is 8.39. The van der Waals surface area contributed by atoms with Crippen LogP contribution in [0.1, 0.15) is 27.7 Å². The lowest BCUT2D eigenvalue weighted by atomic mass is 10.1. The minimum absolute atomic E-state index is 0.471. The summed E-state index contributed by atoms with van der Waals surface area (Å²) in [5.41, 5.74) is 1.15. The third-order valence-corrected chi connectivity index (χ3v) is 2.44. The molecule has 1 fully saturated rings. The fourth-order valence-electron chi connectivity index (χ4n) is 1.18. The van der Waals surface area contributed by atoms with E-state index >= 15 is 0 Å². The molecular formula is C10H18O2. The van der Waals surface area contributed by atoms with Gasteiger partial charge in [0.2, 0.25) is 0 Å². The Morgan fingerprint density at radius 1 is 1.42 bits per heavy atom. The third kappa shape index (κ3) is 1.87. The highest BCUT2D eigenvalue weighted by molar-refractivity contribution is 5.08. The van der Waals surface area contributed by atoms with Crippen LogP contribution in [0.25, 0.3) is 0 Å².